The van der Waals surface area contributed by atoms with Crippen LogP contribution in [0.5, 0.6) is 0 Å². The topological polar surface area (TPSA) is 122 Å². The number of urea groups is 1. The van der Waals surface area contributed by atoms with Gasteiger partial charge >= 0.3 is 6.03 Å². The lowest BCUT2D eigenvalue weighted by molar-refractivity contribution is 0.108. The molecule has 2 amide bonds. The molecule has 0 bridgehead atoms. The Labute approximate surface area is 306 Å². The Kier molecular flexibility index (Phi) is 9.98. The summed E-state index contributed by atoms with van der Waals surface area (Å²) in [5, 5.41) is 11.6. The maximum Gasteiger partial charge on any atom is 0.317 e. The molecule has 0 saturated carbocycles. The minimum atomic E-state index is -0.574. The second-order valence-electron chi connectivity index (χ2n) is 11.3. The van der Waals surface area contributed by atoms with Crippen LogP contribution in [0.3, 0.4) is 0 Å². The van der Waals surface area contributed by atoms with E-state index in [1.807, 2.05) is 66.7 Å². The van der Waals surface area contributed by atoms with E-state index in [0.29, 0.717) is 9.88 Å². The van der Waals surface area contributed by atoms with Crippen molar-refractivity contribution >= 4 is 93.5 Å². The van der Waals surface area contributed by atoms with Crippen LogP contribution < -0.4 is 21.7 Å². The molecule has 0 aliphatic heterocycles. The highest BCUT2D eigenvalue weighted by Crippen LogP contribution is 2.36. The Hall–Kier alpha value is -6.07. The van der Waals surface area contributed by atoms with Crippen molar-refractivity contribution in [3.05, 3.63) is 151 Å². The molecule has 4 aromatic heterocycles. The predicted molar refractivity (Wildman–Crippen MR) is 213 cm³/mol. The van der Waals surface area contributed by atoms with Crippen molar-refractivity contribution in [2.24, 2.45) is 5.73 Å². The first-order chi connectivity index (χ1) is 24.9. The summed E-state index contributed by atoms with van der Waals surface area (Å²) in [7, 11) is 0. The summed E-state index contributed by atoms with van der Waals surface area (Å²) in [6.07, 6.45) is 7.04. The highest BCUT2D eigenvalue weighted by atomic mass is 35.5. The summed E-state index contributed by atoms with van der Waals surface area (Å²) in [6, 6.07) is 40.1. The number of anilines is 5. The first kappa shape index (κ1) is 33.4. The Morgan fingerprint density at radius 2 is 1.02 bits per heavy atom. The van der Waals surface area contributed by atoms with Gasteiger partial charge in [0.15, 0.2) is 0 Å². The number of primary amides is 1. The van der Waals surface area contributed by atoms with Crippen LogP contribution >= 0.6 is 34.3 Å². The van der Waals surface area contributed by atoms with Gasteiger partial charge in [-0.15, -0.1) is 22.7 Å². The fraction of sp³-hybridized carbons (Fsp3) is 0. The molecular formula is C40H29ClN6O2S2. The molecule has 8 rings (SSSR count). The first-order valence-corrected chi connectivity index (χ1v) is 17.8. The SMILES string of the molecule is NC(=O)Nc1cc2c(Nc3ccc(-c4ccccc4)cc3)cncc2s1.O=C(Cl)c1cc2c(Nc3ccc(-c4ccccc4)cc3)cncc2s1. The molecule has 8 aromatic rings. The lowest BCUT2D eigenvalue weighted by Gasteiger charge is -2.08. The molecule has 11 heteroatoms. The van der Waals surface area contributed by atoms with Crippen LogP contribution in [0.1, 0.15) is 9.67 Å². The average Bonchev–Trinajstić information content (AvgIpc) is 3.79. The van der Waals surface area contributed by atoms with Crippen molar-refractivity contribution in [2.75, 3.05) is 16.0 Å². The molecule has 51 heavy (non-hydrogen) atoms. The second kappa shape index (κ2) is 15.2. The normalized spacial score (nSPS) is 10.7. The van der Waals surface area contributed by atoms with Gasteiger partial charge in [-0.1, -0.05) is 84.9 Å². The molecule has 0 saturated heterocycles. The van der Waals surface area contributed by atoms with Crippen LogP contribution in [0.15, 0.2) is 146 Å². The average molecular weight is 725 g/mol. The van der Waals surface area contributed by atoms with Gasteiger partial charge in [0, 0.05) is 34.5 Å². The summed E-state index contributed by atoms with van der Waals surface area (Å²) in [4.78, 5) is 31.5. The Balaban J connectivity index is 0.000000159. The van der Waals surface area contributed by atoms with E-state index in [9.17, 15) is 9.59 Å². The lowest BCUT2D eigenvalue weighted by Crippen LogP contribution is -2.18. The van der Waals surface area contributed by atoms with Gasteiger partial charge in [0.2, 0.25) is 0 Å². The Morgan fingerprint density at radius 3 is 1.49 bits per heavy atom. The van der Waals surface area contributed by atoms with Gasteiger partial charge in [-0.3, -0.25) is 20.1 Å². The fourth-order valence-corrected chi connectivity index (χ4v) is 7.48. The lowest BCUT2D eigenvalue weighted by atomic mass is 10.1. The van der Waals surface area contributed by atoms with Crippen LogP contribution in [0.4, 0.5) is 32.5 Å². The largest absolute Gasteiger partial charge is 0.354 e. The van der Waals surface area contributed by atoms with Crippen molar-refractivity contribution in [2.45, 2.75) is 0 Å². The van der Waals surface area contributed by atoms with Gasteiger partial charge in [0.05, 0.1) is 43.0 Å². The second-order valence-corrected chi connectivity index (χ2v) is 13.8. The molecule has 250 valence electrons. The van der Waals surface area contributed by atoms with E-state index in [0.717, 1.165) is 54.0 Å². The number of hydrogen-bond acceptors (Lipinski definition) is 8. The van der Waals surface area contributed by atoms with E-state index in [1.54, 1.807) is 30.9 Å². The Bertz CT molecular complexity index is 2450. The zero-order valence-corrected chi connectivity index (χ0v) is 29.2. The number of hydrogen-bond donors (Lipinski definition) is 4. The number of aromatic nitrogens is 2. The molecule has 8 nitrogen and oxygen atoms in total. The Morgan fingerprint density at radius 1 is 0.569 bits per heavy atom. The molecule has 0 atom stereocenters. The van der Waals surface area contributed by atoms with Crippen LogP contribution in [0, 0.1) is 0 Å². The highest BCUT2D eigenvalue weighted by molar-refractivity contribution is 7.23. The number of amides is 2. The number of nitrogens with two attached hydrogens (primary N) is 1. The molecule has 0 aliphatic carbocycles. The number of rotatable bonds is 8. The number of benzene rings is 4. The van der Waals surface area contributed by atoms with Crippen LogP contribution in [-0.4, -0.2) is 21.2 Å². The molecule has 5 N–H and O–H groups in total. The third-order valence-corrected chi connectivity index (χ3v) is 10.2. The molecule has 0 fully saturated rings. The molecule has 0 aliphatic rings. The van der Waals surface area contributed by atoms with Crippen LogP contribution in [0.2, 0.25) is 0 Å². The van der Waals surface area contributed by atoms with E-state index in [1.165, 1.54) is 33.8 Å². The van der Waals surface area contributed by atoms with Crippen molar-refractivity contribution in [3.8, 4) is 22.3 Å². The molecular weight excluding hydrogens is 696 g/mol. The fourth-order valence-electron chi connectivity index (χ4n) is 5.46. The number of fused-ring (bicyclic) bond motifs is 2. The number of halogens is 1. The number of pyridine rings is 2. The van der Waals surface area contributed by atoms with E-state index < -0.39 is 11.3 Å². The zero-order valence-electron chi connectivity index (χ0n) is 26.8. The minimum Gasteiger partial charge on any atom is -0.354 e. The van der Waals surface area contributed by atoms with Gasteiger partial charge in [0.25, 0.3) is 5.24 Å². The maximum atomic E-state index is 11.4. The zero-order chi connectivity index (χ0) is 35.2. The number of thiophene rings is 2. The van der Waals surface area contributed by atoms with Crippen LogP contribution in [0.25, 0.3) is 42.4 Å². The molecule has 4 heterocycles. The van der Waals surface area contributed by atoms with Crippen molar-refractivity contribution < 1.29 is 9.59 Å². The standard InChI is InChI=1S/C20H13ClN2OS.C20H16N4OS/c21-20(24)18-10-16-17(11-22-12-19(16)25-18)23-15-8-6-14(7-9-15)13-4-2-1-3-5-13;21-20(25)24-19-10-16-17(11-22-12-18(16)26-19)23-15-8-6-14(7-9-15)13-4-2-1-3-5-13/h1-12,23H;1-12,23H,(H3,21,24,25). The summed E-state index contributed by atoms with van der Waals surface area (Å²) in [6.45, 7) is 0. The maximum absolute atomic E-state index is 11.4. The van der Waals surface area contributed by atoms with Gasteiger partial charge < -0.3 is 16.4 Å². The molecule has 0 radical (unpaired) electrons. The van der Waals surface area contributed by atoms with E-state index in [4.69, 9.17) is 17.3 Å². The first-order valence-electron chi connectivity index (χ1n) is 15.8. The predicted octanol–water partition coefficient (Wildman–Crippen LogP) is 11.3. The quantitative estimate of drug-likeness (QED) is 0.116. The smallest absolute Gasteiger partial charge is 0.317 e. The number of nitrogens with one attached hydrogen (secondary N) is 3. The minimum absolute atomic E-state index is 0.445. The molecule has 4 aromatic carbocycles. The van der Waals surface area contributed by atoms with E-state index >= 15 is 0 Å². The summed E-state index contributed by atoms with van der Waals surface area (Å²) >= 11 is 8.37. The monoisotopic (exact) mass is 724 g/mol. The van der Waals surface area contributed by atoms with E-state index in [2.05, 4.69) is 74.4 Å². The van der Waals surface area contributed by atoms with E-state index in [-0.39, 0.29) is 0 Å². The van der Waals surface area contributed by atoms with Gasteiger partial charge in [-0.25, -0.2) is 4.79 Å². The van der Waals surface area contributed by atoms with Crippen molar-refractivity contribution in [1.82, 2.24) is 9.97 Å². The molecule has 0 unspecified atom stereocenters. The van der Waals surface area contributed by atoms with Crippen molar-refractivity contribution in [3.63, 3.8) is 0 Å². The number of carbonyl (C=O) groups is 2. The molecule has 0 spiro atoms. The number of nitrogens with zero attached hydrogens (tertiary/aromatic N) is 2. The summed E-state index contributed by atoms with van der Waals surface area (Å²) in [5.41, 5.74) is 13.5. The van der Waals surface area contributed by atoms with Gasteiger partial charge in [-0.05, 0) is 70.3 Å². The summed E-state index contributed by atoms with van der Waals surface area (Å²) < 4.78 is 1.90. The summed E-state index contributed by atoms with van der Waals surface area (Å²) in [5.74, 6) is 0. The third-order valence-electron chi connectivity index (χ3n) is 7.87. The number of carbonyl (C=O) groups excluding carboxylic acids is 2. The van der Waals surface area contributed by atoms with Gasteiger partial charge in [0.1, 0.15) is 0 Å². The third kappa shape index (κ3) is 8.05. The van der Waals surface area contributed by atoms with Crippen molar-refractivity contribution in [1.29, 1.82) is 0 Å². The van der Waals surface area contributed by atoms with Gasteiger partial charge in [-0.2, -0.15) is 0 Å². The highest BCUT2D eigenvalue weighted by Gasteiger charge is 2.12. The van der Waals surface area contributed by atoms with Crippen LogP contribution in [-0.2, 0) is 0 Å².